The first kappa shape index (κ1) is 18.4. The minimum absolute atomic E-state index is 0.0468. The molecule has 0 saturated carbocycles. The molecule has 0 aliphatic carbocycles. The number of benzene rings is 1. The van der Waals surface area contributed by atoms with Crippen LogP contribution in [-0.4, -0.2) is 31.8 Å². The molecule has 1 atom stereocenters. The van der Waals surface area contributed by atoms with Gasteiger partial charge in [0, 0.05) is 31.7 Å². The van der Waals surface area contributed by atoms with Crippen molar-refractivity contribution in [3.05, 3.63) is 59.6 Å². The molecule has 7 heteroatoms. The summed E-state index contributed by atoms with van der Waals surface area (Å²) in [5, 5.41) is 6.41. The second-order valence-corrected chi connectivity index (χ2v) is 6.17. The Labute approximate surface area is 151 Å². The lowest BCUT2D eigenvalue weighted by molar-refractivity contribution is 0.114. The quantitative estimate of drug-likeness (QED) is 0.586. The third-order valence-electron chi connectivity index (χ3n) is 4.18. The largest absolute Gasteiger partial charge is 0.469 e. The fraction of sp³-hybridized carbons (Fsp3) is 0.421. The number of nitrogens with zero attached hydrogens (tertiary/aromatic N) is 1. The molecule has 0 amide bonds. The van der Waals surface area contributed by atoms with Crippen LogP contribution in [0.1, 0.15) is 24.2 Å². The van der Waals surface area contributed by atoms with Gasteiger partial charge in [0.15, 0.2) is 5.96 Å². The van der Waals surface area contributed by atoms with E-state index in [0.717, 1.165) is 37.3 Å². The van der Waals surface area contributed by atoms with Crippen molar-refractivity contribution in [3.8, 4) is 0 Å². The molecule has 26 heavy (non-hydrogen) atoms. The van der Waals surface area contributed by atoms with Gasteiger partial charge in [-0.05, 0) is 43.2 Å². The van der Waals surface area contributed by atoms with Crippen LogP contribution >= 0.6 is 0 Å². The van der Waals surface area contributed by atoms with E-state index in [0.29, 0.717) is 25.5 Å². The number of aliphatic imine (C=N–C) groups is 1. The maximum atomic E-state index is 13.8. The number of hydrogen-bond acceptors (Lipinski definition) is 3. The zero-order valence-electron chi connectivity index (χ0n) is 14.5. The third kappa shape index (κ3) is 5.56. The Bertz CT molecular complexity index is 714. The van der Waals surface area contributed by atoms with E-state index in [-0.39, 0.29) is 18.2 Å². The molecular weight excluding hydrogens is 340 g/mol. The Morgan fingerprint density at radius 1 is 1.23 bits per heavy atom. The number of nitrogens with one attached hydrogen (secondary N) is 2. The summed E-state index contributed by atoms with van der Waals surface area (Å²) < 4.78 is 38.0. The summed E-state index contributed by atoms with van der Waals surface area (Å²) in [4.78, 5) is 4.38. The molecule has 3 rings (SSSR count). The van der Waals surface area contributed by atoms with Crippen molar-refractivity contribution < 1.29 is 17.9 Å². The van der Waals surface area contributed by atoms with Gasteiger partial charge in [0.25, 0.3) is 0 Å². The number of guanidine groups is 1. The van der Waals surface area contributed by atoms with Crippen LogP contribution in [0, 0.1) is 11.6 Å². The van der Waals surface area contributed by atoms with Gasteiger partial charge < -0.3 is 19.8 Å². The first-order valence-electron chi connectivity index (χ1n) is 8.81. The lowest BCUT2D eigenvalue weighted by Crippen LogP contribution is -2.41. The molecular formula is C19H23F2N3O2. The van der Waals surface area contributed by atoms with E-state index >= 15 is 0 Å². The lowest BCUT2D eigenvalue weighted by atomic mass is 10.2. The van der Waals surface area contributed by atoms with Crippen molar-refractivity contribution in [1.29, 1.82) is 0 Å². The van der Waals surface area contributed by atoms with Gasteiger partial charge in [-0.3, -0.25) is 0 Å². The summed E-state index contributed by atoms with van der Waals surface area (Å²) in [5.41, 5.74) is 0.217. The predicted octanol–water partition coefficient (Wildman–Crippen LogP) is 3.01. The average molecular weight is 363 g/mol. The second kappa shape index (κ2) is 9.33. The van der Waals surface area contributed by atoms with Gasteiger partial charge in [-0.25, -0.2) is 13.8 Å². The number of ether oxygens (including phenoxy) is 1. The Balaban J connectivity index is 1.59. The Hall–Kier alpha value is -2.41. The molecule has 1 fully saturated rings. The standard InChI is InChI=1S/C19H23F2N3O2/c20-15-5-6-18(21)14(11-15)12-23-19(24-13-17-4-2-10-26-17)22-8-7-16-3-1-9-25-16/h1,3,5-6,9,11,17H,2,4,7-8,10,12-13H2,(H2,22,23,24). The van der Waals surface area contributed by atoms with Crippen LogP contribution in [-0.2, 0) is 17.7 Å². The van der Waals surface area contributed by atoms with E-state index in [2.05, 4.69) is 15.6 Å². The molecule has 5 nitrogen and oxygen atoms in total. The first-order valence-corrected chi connectivity index (χ1v) is 8.81. The molecule has 1 aliphatic heterocycles. The normalized spacial score (nSPS) is 17.5. The average Bonchev–Trinajstić information content (AvgIpc) is 3.33. The fourth-order valence-corrected chi connectivity index (χ4v) is 2.78. The van der Waals surface area contributed by atoms with Crippen molar-refractivity contribution in [2.24, 2.45) is 4.99 Å². The summed E-state index contributed by atoms with van der Waals surface area (Å²) in [5.74, 6) is 0.461. The predicted molar refractivity (Wildman–Crippen MR) is 94.9 cm³/mol. The van der Waals surface area contributed by atoms with Gasteiger partial charge >= 0.3 is 0 Å². The molecule has 1 aromatic carbocycles. The zero-order valence-corrected chi connectivity index (χ0v) is 14.5. The van der Waals surface area contributed by atoms with Crippen LogP contribution < -0.4 is 10.6 Å². The number of hydrogen-bond donors (Lipinski definition) is 2. The molecule has 1 aliphatic rings. The van der Waals surface area contributed by atoms with Gasteiger partial charge in [0.05, 0.1) is 18.9 Å². The molecule has 2 heterocycles. The Kier molecular flexibility index (Phi) is 6.60. The first-order chi connectivity index (χ1) is 12.7. The van der Waals surface area contributed by atoms with Crippen molar-refractivity contribution in [1.82, 2.24) is 10.6 Å². The van der Waals surface area contributed by atoms with E-state index in [1.165, 1.54) is 6.07 Å². The molecule has 2 N–H and O–H groups in total. The van der Waals surface area contributed by atoms with Gasteiger partial charge in [-0.1, -0.05) is 0 Å². The number of halogens is 2. The monoisotopic (exact) mass is 363 g/mol. The smallest absolute Gasteiger partial charge is 0.191 e. The van der Waals surface area contributed by atoms with Gasteiger partial charge in [0.2, 0.25) is 0 Å². The second-order valence-electron chi connectivity index (χ2n) is 6.17. The molecule has 140 valence electrons. The fourth-order valence-electron chi connectivity index (χ4n) is 2.78. The summed E-state index contributed by atoms with van der Waals surface area (Å²) in [7, 11) is 0. The summed E-state index contributed by atoms with van der Waals surface area (Å²) in [6.45, 7) is 2.05. The van der Waals surface area contributed by atoms with E-state index in [9.17, 15) is 8.78 Å². The molecule has 0 bridgehead atoms. The lowest BCUT2D eigenvalue weighted by Gasteiger charge is -2.15. The SMILES string of the molecule is Fc1ccc(F)c(CN=C(NCCc2ccco2)NCC2CCCO2)c1. The molecule has 1 aromatic heterocycles. The van der Waals surface area contributed by atoms with E-state index < -0.39 is 11.6 Å². The molecule has 1 unspecified atom stereocenters. The van der Waals surface area contributed by atoms with Gasteiger partial charge in [-0.15, -0.1) is 0 Å². The molecule has 1 saturated heterocycles. The maximum Gasteiger partial charge on any atom is 0.191 e. The van der Waals surface area contributed by atoms with Crippen LogP contribution in [0.5, 0.6) is 0 Å². The van der Waals surface area contributed by atoms with E-state index in [4.69, 9.17) is 9.15 Å². The molecule has 2 aromatic rings. The molecule has 0 radical (unpaired) electrons. The number of furan rings is 1. The number of rotatable bonds is 7. The Morgan fingerprint density at radius 3 is 2.92 bits per heavy atom. The van der Waals surface area contributed by atoms with Crippen LogP contribution in [0.2, 0.25) is 0 Å². The van der Waals surface area contributed by atoms with Crippen molar-refractivity contribution in [2.75, 3.05) is 19.7 Å². The van der Waals surface area contributed by atoms with Crippen molar-refractivity contribution >= 4 is 5.96 Å². The minimum atomic E-state index is -0.476. The van der Waals surface area contributed by atoms with E-state index in [1.54, 1.807) is 6.26 Å². The summed E-state index contributed by atoms with van der Waals surface area (Å²) in [6.07, 6.45) is 4.54. The van der Waals surface area contributed by atoms with Gasteiger partial charge in [0.1, 0.15) is 17.4 Å². The molecule has 0 spiro atoms. The minimum Gasteiger partial charge on any atom is -0.469 e. The highest BCUT2D eigenvalue weighted by Crippen LogP contribution is 2.12. The summed E-state index contributed by atoms with van der Waals surface area (Å²) >= 11 is 0. The zero-order chi connectivity index (χ0) is 18.2. The highest BCUT2D eigenvalue weighted by molar-refractivity contribution is 5.79. The summed E-state index contributed by atoms with van der Waals surface area (Å²) in [6, 6.07) is 7.12. The van der Waals surface area contributed by atoms with Crippen LogP contribution in [0.4, 0.5) is 8.78 Å². The van der Waals surface area contributed by atoms with Crippen molar-refractivity contribution in [2.45, 2.75) is 31.9 Å². The highest BCUT2D eigenvalue weighted by atomic mass is 19.1. The van der Waals surface area contributed by atoms with Crippen LogP contribution in [0.15, 0.2) is 46.0 Å². The van der Waals surface area contributed by atoms with Crippen LogP contribution in [0.25, 0.3) is 0 Å². The Morgan fingerprint density at radius 2 is 2.15 bits per heavy atom. The van der Waals surface area contributed by atoms with Gasteiger partial charge in [-0.2, -0.15) is 0 Å². The van der Waals surface area contributed by atoms with Crippen LogP contribution in [0.3, 0.4) is 0 Å². The van der Waals surface area contributed by atoms with Crippen molar-refractivity contribution in [3.63, 3.8) is 0 Å². The third-order valence-corrected chi connectivity index (χ3v) is 4.18. The highest BCUT2D eigenvalue weighted by Gasteiger charge is 2.15. The van der Waals surface area contributed by atoms with E-state index in [1.807, 2.05) is 12.1 Å². The topological polar surface area (TPSA) is 58.8 Å². The maximum absolute atomic E-state index is 13.8.